The Morgan fingerprint density at radius 1 is 1.25 bits per heavy atom. The van der Waals surface area contributed by atoms with Gasteiger partial charge in [-0.15, -0.1) is 0 Å². The van der Waals surface area contributed by atoms with E-state index in [0.717, 1.165) is 13.1 Å². The highest BCUT2D eigenvalue weighted by Gasteiger charge is 2.22. The number of nitrogens with one attached hydrogen (secondary N) is 1. The van der Waals surface area contributed by atoms with Crippen LogP contribution in [0.5, 0.6) is 0 Å². The highest BCUT2D eigenvalue weighted by molar-refractivity contribution is 5.14. The van der Waals surface area contributed by atoms with Crippen molar-refractivity contribution >= 4 is 0 Å². The highest BCUT2D eigenvalue weighted by atomic mass is 15.2. The van der Waals surface area contributed by atoms with Gasteiger partial charge in [-0.1, -0.05) is 37.3 Å². The first-order valence-corrected chi connectivity index (χ1v) is 6.30. The van der Waals surface area contributed by atoms with E-state index in [1.165, 1.54) is 18.5 Å². The zero-order chi connectivity index (χ0) is 11.4. The van der Waals surface area contributed by atoms with Crippen LogP contribution >= 0.6 is 0 Å². The minimum absolute atomic E-state index is 0.613. The van der Waals surface area contributed by atoms with Gasteiger partial charge in [-0.3, -0.25) is 4.90 Å². The fourth-order valence-corrected chi connectivity index (χ4v) is 2.50. The van der Waals surface area contributed by atoms with E-state index in [2.05, 4.69) is 54.4 Å². The number of piperazine rings is 1. The maximum atomic E-state index is 3.64. The van der Waals surface area contributed by atoms with Crippen LogP contribution in [-0.4, -0.2) is 30.1 Å². The van der Waals surface area contributed by atoms with Gasteiger partial charge in [-0.2, -0.15) is 0 Å². The Bertz CT molecular complexity index is 310. The monoisotopic (exact) mass is 218 g/mol. The predicted molar refractivity (Wildman–Crippen MR) is 68.4 cm³/mol. The first-order chi connectivity index (χ1) is 7.78. The average Bonchev–Trinajstić information content (AvgIpc) is 2.29. The van der Waals surface area contributed by atoms with Gasteiger partial charge in [0, 0.05) is 31.7 Å². The fraction of sp³-hybridized carbons (Fsp3) is 0.571. The van der Waals surface area contributed by atoms with Crippen LogP contribution in [0, 0.1) is 0 Å². The molecular weight excluding hydrogens is 196 g/mol. The third kappa shape index (κ3) is 3.06. The Hall–Kier alpha value is -0.860. The van der Waals surface area contributed by atoms with Gasteiger partial charge in [-0.25, -0.2) is 0 Å². The van der Waals surface area contributed by atoms with Crippen LogP contribution in [0.3, 0.4) is 0 Å². The van der Waals surface area contributed by atoms with Gasteiger partial charge in [0.2, 0.25) is 0 Å². The largest absolute Gasteiger partial charge is 0.309 e. The summed E-state index contributed by atoms with van der Waals surface area (Å²) >= 11 is 0. The van der Waals surface area contributed by atoms with Crippen LogP contribution in [0.4, 0.5) is 0 Å². The topological polar surface area (TPSA) is 15.3 Å². The molecular formula is C14H22N2. The number of benzene rings is 1. The van der Waals surface area contributed by atoms with Gasteiger partial charge in [0.1, 0.15) is 0 Å². The van der Waals surface area contributed by atoms with Crippen molar-refractivity contribution in [3.8, 4) is 0 Å². The molecule has 0 radical (unpaired) electrons. The number of rotatable bonds is 3. The molecule has 1 aliphatic rings. The molecule has 1 aliphatic heterocycles. The van der Waals surface area contributed by atoms with Crippen molar-refractivity contribution in [3.05, 3.63) is 35.9 Å². The molecule has 0 bridgehead atoms. The van der Waals surface area contributed by atoms with E-state index in [1.54, 1.807) is 0 Å². The van der Waals surface area contributed by atoms with Crippen molar-refractivity contribution in [2.45, 2.75) is 38.9 Å². The van der Waals surface area contributed by atoms with E-state index in [-0.39, 0.29) is 0 Å². The van der Waals surface area contributed by atoms with Crippen molar-refractivity contribution in [1.29, 1.82) is 0 Å². The Kier molecular flexibility index (Phi) is 3.97. The highest BCUT2D eigenvalue weighted by Crippen LogP contribution is 2.11. The van der Waals surface area contributed by atoms with Crippen LogP contribution in [0.1, 0.15) is 25.8 Å². The van der Waals surface area contributed by atoms with E-state index in [9.17, 15) is 0 Å². The molecule has 1 aromatic rings. The Morgan fingerprint density at radius 3 is 2.69 bits per heavy atom. The van der Waals surface area contributed by atoms with Gasteiger partial charge in [-0.05, 0) is 18.9 Å². The average molecular weight is 218 g/mol. The first kappa shape index (κ1) is 11.6. The van der Waals surface area contributed by atoms with E-state index in [1.807, 2.05) is 0 Å². The second kappa shape index (κ2) is 5.46. The minimum atomic E-state index is 0.613. The molecule has 1 aromatic carbocycles. The number of hydrogen-bond donors (Lipinski definition) is 1. The summed E-state index contributed by atoms with van der Waals surface area (Å²) in [5, 5.41) is 3.64. The van der Waals surface area contributed by atoms with Crippen LogP contribution in [-0.2, 0) is 6.54 Å². The lowest BCUT2D eigenvalue weighted by Crippen LogP contribution is -2.54. The smallest absolute Gasteiger partial charge is 0.0235 e. The summed E-state index contributed by atoms with van der Waals surface area (Å²) in [6, 6.07) is 12.0. The van der Waals surface area contributed by atoms with E-state index < -0.39 is 0 Å². The summed E-state index contributed by atoms with van der Waals surface area (Å²) in [6.07, 6.45) is 1.22. The molecule has 1 saturated heterocycles. The molecule has 0 aliphatic carbocycles. The number of nitrogens with zero attached hydrogens (tertiary/aromatic N) is 1. The second-order valence-corrected chi connectivity index (χ2v) is 4.85. The van der Waals surface area contributed by atoms with Gasteiger partial charge < -0.3 is 5.32 Å². The molecule has 88 valence electrons. The SMILES string of the molecule is CCC1CN(Cc2ccccc2)C[C@@H](C)N1. The zero-order valence-electron chi connectivity index (χ0n) is 10.3. The summed E-state index contributed by atoms with van der Waals surface area (Å²) in [5.74, 6) is 0. The summed E-state index contributed by atoms with van der Waals surface area (Å²) < 4.78 is 0. The fourth-order valence-electron chi connectivity index (χ4n) is 2.50. The third-order valence-corrected chi connectivity index (χ3v) is 3.27. The Labute approximate surface area is 98.7 Å². The summed E-state index contributed by atoms with van der Waals surface area (Å²) in [7, 11) is 0. The van der Waals surface area contributed by atoms with Crippen molar-refractivity contribution in [2.24, 2.45) is 0 Å². The van der Waals surface area contributed by atoms with E-state index in [0.29, 0.717) is 12.1 Å². The normalized spacial score (nSPS) is 26.9. The molecule has 2 nitrogen and oxygen atoms in total. The lowest BCUT2D eigenvalue weighted by atomic mass is 10.1. The van der Waals surface area contributed by atoms with Crippen LogP contribution in [0.25, 0.3) is 0 Å². The molecule has 0 amide bonds. The molecule has 0 saturated carbocycles. The molecule has 16 heavy (non-hydrogen) atoms. The Balaban J connectivity index is 1.94. The van der Waals surface area contributed by atoms with Crippen molar-refractivity contribution in [3.63, 3.8) is 0 Å². The standard InChI is InChI=1S/C14H22N2/c1-3-14-11-16(9-12(2)15-14)10-13-7-5-4-6-8-13/h4-8,12,14-15H,3,9-11H2,1-2H3/t12-,14?/m1/s1. The van der Waals surface area contributed by atoms with Crippen LogP contribution in [0.15, 0.2) is 30.3 Å². The van der Waals surface area contributed by atoms with Crippen LogP contribution in [0.2, 0.25) is 0 Å². The van der Waals surface area contributed by atoms with Gasteiger partial charge in [0.15, 0.2) is 0 Å². The minimum Gasteiger partial charge on any atom is -0.309 e. The van der Waals surface area contributed by atoms with E-state index in [4.69, 9.17) is 0 Å². The number of hydrogen-bond acceptors (Lipinski definition) is 2. The quantitative estimate of drug-likeness (QED) is 0.837. The molecule has 2 atom stereocenters. The Morgan fingerprint density at radius 2 is 2.00 bits per heavy atom. The maximum absolute atomic E-state index is 3.64. The van der Waals surface area contributed by atoms with Gasteiger partial charge in [0.25, 0.3) is 0 Å². The first-order valence-electron chi connectivity index (χ1n) is 6.30. The molecule has 1 heterocycles. The second-order valence-electron chi connectivity index (χ2n) is 4.85. The summed E-state index contributed by atoms with van der Waals surface area (Å²) in [6.45, 7) is 7.96. The van der Waals surface area contributed by atoms with Crippen molar-refractivity contribution in [2.75, 3.05) is 13.1 Å². The molecule has 2 heteroatoms. The van der Waals surface area contributed by atoms with Gasteiger partial charge >= 0.3 is 0 Å². The zero-order valence-corrected chi connectivity index (χ0v) is 10.3. The lowest BCUT2D eigenvalue weighted by Gasteiger charge is -2.37. The molecule has 1 N–H and O–H groups in total. The molecule has 0 spiro atoms. The third-order valence-electron chi connectivity index (χ3n) is 3.27. The summed E-state index contributed by atoms with van der Waals surface area (Å²) in [4.78, 5) is 2.56. The van der Waals surface area contributed by atoms with Crippen LogP contribution < -0.4 is 5.32 Å². The predicted octanol–water partition coefficient (Wildman–Crippen LogP) is 2.26. The lowest BCUT2D eigenvalue weighted by molar-refractivity contribution is 0.157. The van der Waals surface area contributed by atoms with Crippen molar-refractivity contribution in [1.82, 2.24) is 10.2 Å². The molecule has 1 fully saturated rings. The summed E-state index contributed by atoms with van der Waals surface area (Å²) in [5.41, 5.74) is 1.42. The van der Waals surface area contributed by atoms with E-state index >= 15 is 0 Å². The maximum Gasteiger partial charge on any atom is 0.0235 e. The van der Waals surface area contributed by atoms with Gasteiger partial charge in [0.05, 0.1) is 0 Å². The molecule has 2 rings (SSSR count). The van der Waals surface area contributed by atoms with Crippen molar-refractivity contribution < 1.29 is 0 Å². The molecule has 1 unspecified atom stereocenters. The molecule has 0 aromatic heterocycles.